The third kappa shape index (κ3) is 1.77. The highest BCUT2D eigenvalue weighted by atomic mass is 127. The summed E-state index contributed by atoms with van der Waals surface area (Å²) in [5.41, 5.74) is 4.90. The number of H-pyrrole nitrogens is 1. The van der Waals surface area contributed by atoms with Crippen LogP contribution < -0.4 is 11.4 Å². The molecule has 0 radical (unpaired) electrons. The van der Waals surface area contributed by atoms with Crippen LogP contribution in [0.2, 0.25) is 0 Å². The number of rotatable bonds is 1. The smallest absolute Gasteiger partial charge is 0.349 e. The van der Waals surface area contributed by atoms with Crippen LogP contribution in [0.1, 0.15) is 0 Å². The van der Waals surface area contributed by atoms with Gasteiger partial charge in [-0.15, -0.1) is 11.3 Å². The molecule has 0 bridgehead atoms. The summed E-state index contributed by atoms with van der Waals surface area (Å²) in [6.45, 7) is 0. The lowest BCUT2D eigenvalue weighted by atomic mass is 10.4. The van der Waals surface area contributed by atoms with E-state index in [0.717, 1.165) is 8.45 Å². The molecule has 2 heterocycles. The topological polar surface area (TPSA) is 84.7 Å². The molecule has 0 unspecified atom stereocenters. The lowest BCUT2D eigenvalue weighted by Gasteiger charge is -1.97. The Bertz CT molecular complexity index is 520. The molecular weight excluding hydrogens is 315 g/mol. The number of nitrogens with one attached hydrogen (secondary N) is 1. The van der Waals surface area contributed by atoms with Crippen LogP contribution in [0.15, 0.2) is 16.2 Å². The number of aromatic nitrogens is 3. The molecule has 2 rings (SSSR count). The molecule has 0 amide bonds. The van der Waals surface area contributed by atoms with E-state index in [-0.39, 0.29) is 5.95 Å². The van der Waals surface area contributed by atoms with Gasteiger partial charge in [-0.3, -0.25) is 4.98 Å². The molecule has 0 atom stereocenters. The minimum Gasteiger partial charge on any atom is -0.368 e. The monoisotopic (exact) mass is 320 g/mol. The van der Waals surface area contributed by atoms with Crippen molar-refractivity contribution in [3.05, 3.63) is 25.5 Å². The van der Waals surface area contributed by atoms with Gasteiger partial charge in [0.25, 0.3) is 0 Å². The van der Waals surface area contributed by atoms with Crippen molar-refractivity contribution in [2.45, 2.75) is 0 Å². The van der Waals surface area contributed by atoms with Gasteiger partial charge in [0.2, 0.25) is 5.95 Å². The van der Waals surface area contributed by atoms with Crippen LogP contribution in [0.4, 0.5) is 5.95 Å². The minimum absolute atomic E-state index is 0.00653. The Morgan fingerprint density at radius 3 is 2.86 bits per heavy atom. The number of nitrogen functional groups attached to an aromatic ring is 1. The molecule has 0 spiro atoms. The number of anilines is 1. The second-order valence-corrected chi connectivity index (χ2v) is 4.54. The molecule has 0 saturated carbocycles. The fourth-order valence-corrected chi connectivity index (χ4v) is 2.76. The normalized spacial score (nSPS) is 10.4. The number of nitrogens with two attached hydrogens (primary N) is 1. The van der Waals surface area contributed by atoms with Crippen LogP contribution >= 0.6 is 33.9 Å². The molecule has 3 N–H and O–H groups in total. The molecule has 2 aromatic heterocycles. The van der Waals surface area contributed by atoms with Crippen LogP contribution in [0.25, 0.3) is 10.7 Å². The Morgan fingerprint density at radius 2 is 2.29 bits per heavy atom. The molecule has 0 aliphatic heterocycles. The Balaban J connectivity index is 2.63. The zero-order valence-corrected chi connectivity index (χ0v) is 9.79. The zero-order valence-electron chi connectivity index (χ0n) is 6.82. The summed E-state index contributed by atoms with van der Waals surface area (Å²) in [5.74, 6) is 0.467. The van der Waals surface area contributed by atoms with Crippen molar-refractivity contribution in [3.8, 4) is 10.7 Å². The number of halogens is 1. The van der Waals surface area contributed by atoms with Gasteiger partial charge in [-0.05, 0) is 34.0 Å². The molecule has 14 heavy (non-hydrogen) atoms. The average molecular weight is 320 g/mol. The van der Waals surface area contributed by atoms with Crippen LogP contribution in [-0.2, 0) is 0 Å². The van der Waals surface area contributed by atoms with E-state index in [1.54, 1.807) is 0 Å². The van der Waals surface area contributed by atoms with E-state index < -0.39 is 5.69 Å². The first-order valence-electron chi connectivity index (χ1n) is 3.64. The summed E-state index contributed by atoms with van der Waals surface area (Å²) in [5, 5.41) is 1.92. The first kappa shape index (κ1) is 9.59. The van der Waals surface area contributed by atoms with Crippen molar-refractivity contribution in [1.29, 1.82) is 0 Å². The van der Waals surface area contributed by atoms with Crippen molar-refractivity contribution >= 4 is 39.9 Å². The molecule has 2 aromatic rings. The molecule has 72 valence electrons. The van der Waals surface area contributed by atoms with E-state index in [4.69, 9.17) is 5.73 Å². The van der Waals surface area contributed by atoms with Gasteiger partial charge in [0.05, 0.1) is 4.88 Å². The highest BCUT2D eigenvalue weighted by molar-refractivity contribution is 14.1. The van der Waals surface area contributed by atoms with Gasteiger partial charge in [-0.2, -0.15) is 9.97 Å². The highest BCUT2D eigenvalue weighted by Gasteiger charge is 2.08. The van der Waals surface area contributed by atoms with Crippen LogP contribution in [-0.4, -0.2) is 15.0 Å². The van der Waals surface area contributed by atoms with Crippen molar-refractivity contribution in [1.82, 2.24) is 15.0 Å². The Kier molecular flexibility index (Phi) is 2.50. The van der Waals surface area contributed by atoms with Crippen molar-refractivity contribution in [2.24, 2.45) is 0 Å². The summed E-state index contributed by atoms with van der Waals surface area (Å²) in [7, 11) is 0. The van der Waals surface area contributed by atoms with E-state index >= 15 is 0 Å². The van der Waals surface area contributed by atoms with Gasteiger partial charge in [0.1, 0.15) is 0 Å². The van der Waals surface area contributed by atoms with Crippen molar-refractivity contribution in [2.75, 3.05) is 5.73 Å². The van der Waals surface area contributed by atoms with Crippen LogP contribution in [0.5, 0.6) is 0 Å². The number of hydrogen-bond donors (Lipinski definition) is 2. The number of hydrogen-bond acceptors (Lipinski definition) is 5. The third-order valence-corrected chi connectivity index (χ3v) is 3.69. The molecular formula is C7H5IN4OS. The van der Waals surface area contributed by atoms with E-state index in [2.05, 4.69) is 37.5 Å². The second kappa shape index (κ2) is 3.65. The van der Waals surface area contributed by atoms with E-state index in [1.807, 2.05) is 11.4 Å². The first-order chi connectivity index (χ1) is 6.66. The third-order valence-electron chi connectivity index (χ3n) is 1.50. The number of thiophene rings is 1. The standard InChI is InChI=1S/C7H5IN4OS/c8-3-1-2-14-4(3)5-10-6(9)12-7(13)11-5/h1-2H,(H3,9,10,11,12,13). The van der Waals surface area contributed by atoms with Crippen LogP contribution in [0, 0.1) is 3.57 Å². The summed E-state index contributed by atoms with van der Waals surface area (Å²) in [6.07, 6.45) is 0. The maximum absolute atomic E-state index is 11.0. The van der Waals surface area contributed by atoms with Crippen LogP contribution in [0.3, 0.4) is 0 Å². The fourth-order valence-electron chi connectivity index (χ4n) is 0.971. The van der Waals surface area contributed by atoms with Gasteiger partial charge in [0.15, 0.2) is 5.82 Å². The first-order valence-corrected chi connectivity index (χ1v) is 5.60. The Labute approximate surface area is 96.6 Å². The minimum atomic E-state index is -0.475. The molecule has 0 saturated heterocycles. The summed E-state index contributed by atoms with van der Waals surface area (Å²) in [6, 6.07) is 1.94. The Hall–Kier alpha value is -0.960. The largest absolute Gasteiger partial charge is 0.368 e. The highest BCUT2D eigenvalue weighted by Crippen LogP contribution is 2.27. The number of aromatic amines is 1. The van der Waals surface area contributed by atoms with Crippen molar-refractivity contribution < 1.29 is 0 Å². The summed E-state index contributed by atoms with van der Waals surface area (Å²) < 4.78 is 1.03. The summed E-state index contributed by atoms with van der Waals surface area (Å²) in [4.78, 5) is 21.9. The molecule has 5 nitrogen and oxygen atoms in total. The quantitative estimate of drug-likeness (QED) is 0.770. The van der Waals surface area contributed by atoms with Gasteiger partial charge in [-0.25, -0.2) is 4.79 Å². The van der Waals surface area contributed by atoms with Gasteiger partial charge in [0, 0.05) is 3.57 Å². The second-order valence-electron chi connectivity index (χ2n) is 2.46. The molecule has 7 heteroatoms. The molecule has 0 fully saturated rings. The van der Waals surface area contributed by atoms with E-state index in [0.29, 0.717) is 5.82 Å². The predicted molar refractivity (Wildman–Crippen MR) is 63.1 cm³/mol. The SMILES string of the molecule is Nc1nc(-c2sccc2I)[nH]c(=O)n1. The predicted octanol–water partition coefficient (Wildman–Crippen LogP) is 1.08. The Morgan fingerprint density at radius 1 is 1.50 bits per heavy atom. The molecule has 0 aromatic carbocycles. The lowest BCUT2D eigenvalue weighted by Crippen LogP contribution is -2.15. The maximum atomic E-state index is 11.0. The van der Waals surface area contributed by atoms with E-state index in [1.165, 1.54) is 11.3 Å². The summed E-state index contributed by atoms with van der Waals surface area (Å²) >= 11 is 3.67. The van der Waals surface area contributed by atoms with E-state index in [9.17, 15) is 4.79 Å². The molecule has 0 aliphatic rings. The average Bonchev–Trinajstić information content (AvgIpc) is 2.49. The lowest BCUT2D eigenvalue weighted by molar-refractivity contribution is 1.01. The van der Waals surface area contributed by atoms with Gasteiger partial charge >= 0.3 is 5.69 Å². The molecule has 0 aliphatic carbocycles. The number of nitrogens with zero attached hydrogens (tertiary/aromatic N) is 2. The zero-order chi connectivity index (χ0) is 10.1. The maximum Gasteiger partial charge on any atom is 0.349 e. The van der Waals surface area contributed by atoms with Gasteiger partial charge < -0.3 is 5.73 Å². The van der Waals surface area contributed by atoms with Crippen molar-refractivity contribution in [3.63, 3.8) is 0 Å². The fraction of sp³-hybridized carbons (Fsp3) is 0. The van der Waals surface area contributed by atoms with Gasteiger partial charge in [-0.1, -0.05) is 0 Å².